The van der Waals surface area contributed by atoms with Gasteiger partial charge >= 0.3 is 0 Å². The van der Waals surface area contributed by atoms with Crippen molar-refractivity contribution in [2.75, 3.05) is 5.75 Å². The maximum absolute atomic E-state index is 4.12. The molecule has 1 nitrogen and oxygen atoms in total. The van der Waals surface area contributed by atoms with Gasteiger partial charge in [0.25, 0.3) is 0 Å². The van der Waals surface area contributed by atoms with Gasteiger partial charge in [0.15, 0.2) is 0 Å². The SMILES string of the molecule is SCC=Cc1ccc2cc[nH]c2c1. The van der Waals surface area contributed by atoms with Crippen LogP contribution in [0.25, 0.3) is 17.0 Å². The van der Waals surface area contributed by atoms with Crippen molar-refractivity contribution < 1.29 is 0 Å². The normalized spacial score (nSPS) is 11.5. The predicted octanol–water partition coefficient (Wildman–Crippen LogP) is 3.11. The molecule has 2 rings (SSSR count). The van der Waals surface area contributed by atoms with E-state index in [2.05, 4.69) is 48.0 Å². The Morgan fingerprint density at radius 3 is 3.08 bits per heavy atom. The molecular formula is C11H11NS. The van der Waals surface area contributed by atoms with Crippen molar-refractivity contribution in [1.29, 1.82) is 0 Å². The summed E-state index contributed by atoms with van der Waals surface area (Å²) >= 11 is 4.12. The van der Waals surface area contributed by atoms with Gasteiger partial charge < -0.3 is 4.98 Å². The van der Waals surface area contributed by atoms with E-state index in [1.165, 1.54) is 16.5 Å². The van der Waals surface area contributed by atoms with Gasteiger partial charge in [-0.15, -0.1) is 0 Å². The maximum atomic E-state index is 4.12. The van der Waals surface area contributed by atoms with Gasteiger partial charge in [-0.1, -0.05) is 24.3 Å². The number of benzene rings is 1. The zero-order chi connectivity index (χ0) is 9.10. The number of hydrogen-bond acceptors (Lipinski definition) is 1. The van der Waals surface area contributed by atoms with E-state index < -0.39 is 0 Å². The number of rotatable bonds is 2. The molecule has 1 N–H and O–H groups in total. The van der Waals surface area contributed by atoms with Crippen LogP contribution in [0.1, 0.15) is 5.56 Å². The van der Waals surface area contributed by atoms with Gasteiger partial charge in [-0.3, -0.25) is 0 Å². The van der Waals surface area contributed by atoms with E-state index in [-0.39, 0.29) is 0 Å². The van der Waals surface area contributed by atoms with Crippen molar-refractivity contribution in [3.05, 3.63) is 42.1 Å². The average Bonchev–Trinajstić information content (AvgIpc) is 2.61. The molecule has 1 heterocycles. The summed E-state index contributed by atoms with van der Waals surface area (Å²) in [7, 11) is 0. The molecule has 0 bridgehead atoms. The number of aromatic amines is 1. The molecule has 0 unspecified atom stereocenters. The van der Waals surface area contributed by atoms with Gasteiger partial charge in [-0.05, 0) is 23.1 Å². The minimum absolute atomic E-state index is 0.781. The van der Waals surface area contributed by atoms with Gasteiger partial charge in [0, 0.05) is 17.5 Å². The number of nitrogens with one attached hydrogen (secondary N) is 1. The molecule has 0 saturated carbocycles. The second-order valence-electron chi connectivity index (χ2n) is 2.91. The van der Waals surface area contributed by atoms with Gasteiger partial charge in [-0.25, -0.2) is 0 Å². The van der Waals surface area contributed by atoms with Gasteiger partial charge in [0.1, 0.15) is 0 Å². The molecule has 66 valence electrons. The third-order valence-electron chi connectivity index (χ3n) is 1.99. The van der Waals surface area contributed by atoms with Crippen molar-refractivity contribution in [1.82, 2.24) is 4.98 Å². The van der Waals surface area contributed by atoms with Crippen molar-refractivity contribution >= 4 is 29.6 Å². The number of H-pyrrole nitrogens is 1. The zero-order valence-corrected chi connectivity index (χ0v) is 8.09. The fraction of sp³-hybridized carbons (Fsp3) is 0.0909. The molecule has 0 saturated heterocycles. The van der Waals surface area contributed by atoms with Crippen LogP contribution in [0.15, 0.2) is 36.5 Å². The molecule has 1 aromatic carbocycles. The summed E-state index contributed by atoms with van der Waals surface area (Å²) in [6.07, 6.45) is 6.07. The molecule has 0 atom stereocenters. The molecule has 0 aliphatic rings. The van der Waals surface area contributed by atoms with Crippen LogP contribution in [0.5, 0.6) is 0 Å². The Balaban J connectivity index is 2.42. The summed E-state index contributed by atoms with van der Waals surface area (Å²) in [6.45, 7) is 0. The minimum Gasteiger partial charge on any atom is -0.361 e. The number of thiol groups is 1. The Kier molecular flexibility index (Phi) is 2.41. The van der Waals surface area contributed by atoms with Crippen LogP contribution in [0, 0.1) is 0 Å². The molecule has 0 aliphatic carbocycles. The second kappa shape index (κ2) is 3.71. The number of fused-ring (bicyclic) bond motifs is 1. The molecule has 2 heteroatoms. The van der Waals surface area contributed by atoms with Crippen LogP contribution in [-0.2, 0) is 0 Å². The van der Waals surface area contributed by atoms with Crippen LogP contribution >= 0.6 is 12.6 Å². The molecule has 0 spiro atoms. The first-order valence-electron chi connectivity index (χ1n) is 4.25. The molecule has 0 amide bonds. The van der Waals surface area contributed by atoms with Crippen LogP contribution in [0.4, 0.5) is 0 Å². The molecule has 1 aromatic heterocycles. The smallest absolute Gasteiger partial charge is 0.0459 e. The maximum Gasteiger partial charge on any atom is 0.0459 e. The lowest BCUT2D eigenvalue weighted by atomic mass is 10.1. The minimum atomic E-state index is 0.781. The molecule has 0 aliphatic heterocycles. The van der Waals surface area contributed by atoms with E-state index in [1.54, 1.807) is 0 Å². The van der Waals surface area contributed by atoms with Crippen LogP contribution in [0.3, 0.4) is 0 Å². The van der Waals surface area contributed by atoms with E-state index in [4.69, 9.17) is 0 Å². The van der Waals surface area contributed by atoms with Crippen LogP contribution < -0.4 is 0 Å². The van der Waals surface area contributed by atoms with E-state index in [0.29, 0.717) is 0 Å². The fourth-order valence-corrected chi connectivity index (χ4v) is 1.46. The largest absolute Gasteiger partial charge is 0.361 e. The Bertz CT molecular complexity index is 428. The molecule has 2 aromatic rings. The van der Waals surface area contributed by atoms with Gasteiger partial charge in [0.2, 0.25) is 0 Å². The summed E-state index contributed by atoms with van der Waals surface area (Å²) in [5.74, 6) is 0.781. The Morgan fingerprint density at radius 2 is 2.23 bits per heavy atom. The molecule has 0 radical (unpaired) electrons. The van der Waals surface area contributed by atoms with Crippen LogP contribution in [-0.4, -0.2) is 10.7 Å². The Labute approximate surface area is 82.9 Å². The molecular weight excluding hydrogens is 178 g/mol. The standard InChI is InChI=1S/C11H11NS/c13-7-1-2-9-3-4-10-5-6-12-11(10)8-9/h1-6,8,12-13H,7H2. The number of hydrogen-bond donors (Lipinski definition) is 2. The van der Waals surface area contributed by atoms with Crippen LogP contribution in [0.2, 0.25) is 0 Å². The van der Waals surface area contributed by atoms with E-state index in [0.717, 1.165) is 5.75 Å². The fourth-order valence-electron chi connectivity index (χ4n) is 1.36. The highest BCUT2D eigenvalue weighted by Gasteiger charge is 1.93. The first-order valence-corrected chi connectivity index (χ1v) is 4.88. The summed E-state index contributed by atoms with van der Waals surface area (Å²) < 4.78 is 0. The van der Waals surface area contributed by atoms with Crippen molar-refractivity contribution in [3.8, 4) is 0 Å². The summed E-state index contributed by atoms with van der Waals surface area (Å²) in [4.78, 5) is 3.18. The summed E-state index contributed by atoms with van der Waals surface area (Å²) in [6, 6.07) is 8.43. The third-order valence-corrected chi connectivity index (χ3v) is 2.21. The van der Waals surface area contributed by atoms with Crippen molar-refractivity contribution in [3.63, 3.8) is 0 Å². The van der Waals surface area contributed by atoms with Crippen molar-refractivity contribution in [2.24, 2.45) is 0 Å². The first kappa shape index (κ1) is 8.45. The highest BCUT2D eigenvalue weighted by molar-refractivity contribution is 7.80. The lowest BCUT2D eigenvalue weighted by Gasteiger charge is -1.93. The summed E-state index contributed by atoms with van der Waals surface area (Å²) in [5, 5.41) is 1.25. The first-order chi connectivity index (χ1) is 6.40. The predicted molar refractivity (Wildman–Crippen MR) is 61.2 cm³/mol. The molecule has 0 fully saturated rings. The van der Waals surface area contributed by atoms with Crippen molar-refractivity contribution in [2.45, 2.75) is 0 Å². The van der Waals surface area contributed by atoms with E-state index >= 15 is 0 Å². The van der Waals surface area contributed by atoms with E-state index in [9.17, 15) is 0 Å². The topological polar surface area (TPSA) is 15.8 Å². The lowest BCUT2D eigenvalue weighted by molar-refractivity contribution is 1.47. The highest BCUT2D eigenvalue weighted by Crippen LogP contribution is 2.14. The van der Waals surface area contributed by atoms with Gasteiger partial charge in [-0.2, -0.15) is 12.6 Å². The number of aromatic nitrogens is 1. The lowest BCUT2D eigenvalue weighted by Crippen LogP contribution is -1.73. The Hall–Kier alpha value is -1.15. The summed E-state index contributed by atoms with van der Waals surface area (Å²) in [5.41, 5.74) is 2.39. The second-order valence-corrected chi connectivity index (χ2v) is 3.27. The average molecular weight is 189 g/mol. The van der Waals surface area contributed by atoms with Gasteiger partial charge in [0.05, 0.1) is 0 Å². The highest BCUT2D eigenvalue weighted by atomic mass is 32.1. The Morgan fingerprint density at radius 1 is 1.31 bits per heavy atom. The molecule has 13 heavy (non-hydrogen) atoms. The monoisotopic (exact) mass is 189 g/mol. The quantitative estimate of drug-likeness (QED) is 0.675. The third kappa shape index (κ3) is 1.78. The zero-order valence-electron chi connectivity index (χ0n) is 7.20. The van der Waals surface area contributed by atoms with E-state index in [1.807, 2.05) is 12.3 Å².